The number of hydrogen-bond donors (Lipinski definition) is 1. The molecule has 3 aromatic heterocycles. The van der Waals surface area contributed by atoms with Gasteiger partial charge in [0.25, 0.3) is 0 Å². The molecule has 1 fully saturated rings. The summed E-state index contributed by atoms with van der Waals surface area (Å²) in [6, 6.07) is 4.94. The number of fused-ring (bicyclic) bond motifs is 4. The number of rotatable bonds is 4. The van der Waals surface area contributed by atoms with Crippen molar-refractivity contribution in [2.24, 2.45) is 5.10 Å². The molecule has 1 saturated carbocycles. The van der Waals surface area contributed by atoms with Crippen LogP contribution in [-0.2, 0) is 16.6 Å². The number of nitrogens with one attached hydrogen (secondary N) is 1. The second-order valence-corrected chi connectivity index (χ2v) is 8.64. The highest BCUT2D eigenvalue weighted by molar-refractivity contribution is 7.79. The van der Waals surface area contributed by atoms with Gasteiger partial charge in [-0.1, -0.05) is 19.3 Å². The average Bonchev–Trinajstić information content (AvgIpc) is 3.17. The molecule has 0 bridgehead atoms. The van der Waals surface area contributed by atoms with Crippen LogP contribution in [0.5, 0.6) is 0 Å². The van der Waals surface area contributed by atoms with E-state index in [1.807, 2.05) is 17.6 Å². The monoisotopic (exact) mass is 442 g/mol. The van der Waals surface area contributed by atoms with E-state index in [-0.39, 0.29) is 11.0 Å². The van der Waals surface area contributed by atoms with Crippen molar-refractivity contribution >= 4 is 45.5 Å². The first-order valence-electron chi connectivity index (χ1n) is 10.3. The van der Waals surface area contributed by atoms with Crippen LogP contribution in [0.15, 0.2) is 40.7 Å². The van der Waals surface area contributed by atoms with Gasteiger partial charge in [0.05, 0.1) is 11.9 Å². The number of aromatic nitrogens is 4. The Morgan fingerprint density at radius 3 is 2.71 bits per heavy atom. The van der Waals surface area contributed by atoms with E-state index in [0.29, 0.717) is 36.7 Å². The van der Waals surface area contributed by atoms with Crippen LogP contribution in [0, 0.1) is 0 Å². The molecule has 1 N–H and O–H groups in total. The average molecular weight is 443 g/mol. The maximum absolute atomic E-state index is 15.4. The van der Waals surface area contributed by atoms with E-state index in [9.17, 15) is 8.76 Å². The van der Waals surface area contributed by atoms with E-state index >= 15 is 4.39 Å². The molecule has 2 aliphatic rings. The van der Waals surface area contributed by atoms with Gasteiger partial charge >= 0.3 is 0 Å². The van der Waals surface area contributed by atoms with Crippen LogP contribution in [0.4, 0.5) is 21.8 Å². The van der Waals surface area contributed by atoms with Crippen LogP contribution >= 0.6 is 0 Å². The topological polar surface area (TPSA) is 111 Å². The third-order valence-corrected chi connectivity index (χ3v) is 6.53. The molecule has 1 spiro atoms. The van der Waals surface area contributed by atoms with Gasteiger partial charge < -0.3 is 9.87 Å². The Balaban J connectivity index is 1.59. The summed E-state index contributed by atoms with van der Waals surface area (Å²) < 4.78 is 39.3. The zero-order chi connectivity index (χ0) is 21.6. The molecule has 0 radical (unpaired) electrons. The van der Waals surface area contributed by atoms with Gasteiger partial charge in [-0.15, -0.1) is 5.10 Å². The van der Waals surface area contributed by atoms with Crippen LogP contribution in [0.2, 0.25) is 0 Å². The fraction of sp³-hybridized carbons (Fsp3) is 0.400. The lowest BCUT2D eigenvalue weighted by molar-refractivity contribution is 0.262. The molecule has 1 aliphatic heterocycles. The summed E-state index contributed by atoms with van der Waals surface area (Å²) in [5, 5.41) is 9.74. The minimum Gasteiger partial charge on any atom is -0.767 e. The standard InChI is InChI=1S/C20H22FN7O2S/c1-2-27-16-10-13-11-23-19(24-14-6-7-15(22-12-14)31(29)30)25-17(13)28(16)20(18(21)26-27)8-4-3-5-9-20/h6-7,10-12H,2-5,8-9H2,1H3,(H,29,30)(H,23,24,25)/p-1. The van der Waals surface area contributed by atoms with E-state index in [4.69, 9.17) is 4.98 Å². The zero-order valence-electron chi connectivity index (χ0n) is 16.9. The fourth-order valence-corrected chi connectivity index (χ4v) is 4.79. The second kappa shape index (κ2) is 7.65. The van der Waals surface area contributed by atoms with Crippen molar-refractivity contribution in [3.8, 4) is 0 Å². The molecule has 5 rings (SSSR count). The van der Waals surface area contributed by atoms with Crippen LogP contribution in [0.25, 0.3) is 11.0 Å². The number of hydrogen-bond acceptors (Lipinski definition) is 8. The molecular formula is C20H21FN7O2S-. The molecule has 0 amide bonds. The van der Waals surface area contributed by atoms with Gasteiger partial charge in [0.15, 0.2) is 0 Å². The number of halogens is 1. The number of hydrazone groups is 1. The predicted molar refractivity (Wildman–Crippen MR) is 115 cm³/mol. The maximum Gasteiger partial charge on any atom is 0.233 e. The Bertz CT molecular complexity index is 1190. The second-order valence-electron chi connectivity index (χ2n) is 7.75. The van der Waals surface area contributed by atoms with Crippen LogP contribution < -0.4 is 10.3 Å². The Hall–Kier alpha value is -2.92. The largest absolute Gasteiger partial charge is 0.767 e. The lowest BCUT2D eigenvalue weighted by Crippen LogP contribution is -2.47. The molecule has 0 aromatic carbocycles. The van der Waals surface area contributed by atoms with E-state index in [1.165, 1.54) is 12.3 Å². The van der Waals surface area contributed by atoms with E-state index in [2.05, 4.69) is 20.4 Å². The summed E-state index contributed by atoms with van der Waals surface area (Å²) in [4.78, 5) is 13.0. The highest BCUT2D eigenvalue weighted by Crippen LogP contribution is 2.45. The first kappa shape index (κ1) is 20.0. The van der Waals surface area contributed by atoms with E-state index in [1.54, 1.807) is 17.3 Å². The van der Waals surface area contributed by atoms with Gasteiger partial charge in [-0.2, -0.15) is 9.37 Å². The highest BCUT2D eigenvalue weighted by Gasteiger charge is 2.46. The first-order chi connectivity index (χ1) is 15.0. The SMILES string of the molecule is CCN1N=C(F)C2(CCCCC2)n2c1cc1cnc(Nc3ccc(S(=O)[O-])nc3)nc12. The van der Waals surface area contributed by atoms with Crippen LogP contribution in [0.3, 0.4) is 0 Å². The number of anilines is 3. The Kier molecular flexibility index (Phi) is 4.94. The Morgan fingerprint density at radius 2 is 2.03 bits per heavy atom. The highest BCUT2D eigenvalue weighted by atomic mass is 32.2. The lowest BCUT2D eigenvalue weighted by atomic mass is 9.81. The van der Waals surface area contributed by atoms with Gasteiger partial charge in [-0.3, -0.25) is 8.78 Å². The summed E-state index contributed by atoms with van der Waals surface area (Å²) in [7, 11) is 0. The van der Waals surface area contributed by atoms with Gasteiger partial charge in [0, 0.05) is 18.1 Å². The van der Waals surface area contributed by atoms with Crippen molar-refractivity contribution in [3.63, 3.8) is 0 Å². The van der Waals surface area contributed by atoms with Gasteiger partial charge in [0.1, 0.15) is 22.0 Å². The minimum absolute atomic E-state index is 0.0451. The lowest BCUT2D eigenvalue weighted by Gasteiger charge is -2.42. The molecule has 1 aliphatic carbocycles. The van der Waals surface area contributed by atoms with Crippen molar-refractivity contribution < 1.29 is 13.2 Å². The van der Waals surface area contributed by atoms with Crippen molar-refractivity contribution in [2.75, 3.05) is 16.9 Å². The quantitative estimate of drug-likeness (QED) is 0.615. The van der Waals surface area contributed by atoms with Crippen molar-refractivity contribution in [2.45, 2.75) is 49.6 Å². The Labute approximate surface area is 180 Å². The van der Waals surface area contributed by atoms with E-state index < -0.39 is 16.6 Å². The molecule has 0 saturated heterocycles. The molecule has 1 atom stereocenters. The van der Waals surface area contributed by atoms with Gasteiger partial charge in [-0.25, -0.2) is 15.0 Å². The summed E-state index contributed by atoms with van der Waals surface area (Å²) in [5.41, 5.74) is 0.381. The fourth-order valence-electron chi connectivity index (χ4n) is 4.47. The molecule has 3 aromatic rings. The molecule has 1 unspecified atom stereocenters. The maximum atomic E-state index is 15.4. The first-order valence-corrected chi connectivity index (χ1v) is 11.3. The molecule has 9 nitrogen and oxygen atoms in total. The van der Waals surface area contributed by atoms with Gasteiger partial charge in [-0.05, 0) is 49.0 Å². The van der Waals surface area contributed by atoms with Crippen molar-refractivity contribution in [1.82, 2.24) is 19.5 Å². The smallest absolute Gasteiger partial charge is 0.233 e. The van der Waals surface area contributed by atoms with Crippen molar-refractivity contribution in [1.29, 1.82) is 0 Å². The molecule has 11 heteroatoms. The molecular weight excluding hydrogens is 421 g/mol. The normalized spacial score (nSPS) is 18.7. The van der Waals surface area contributed by atoms with Gasteiger partial charge in [0.2, 0.25) is 11.9 Å². The summed E-state index contributed by atoms with van der Waals surface area (Å²) in [5.74, 6) is 0.775. The minimum atomic E-state index is -2.39. The third kappa shape index (κ3) is 3.28. The summed E-state index contributed by atoms with van der Waals surface area (Å²) >= 11 is -2.39. The molecule has 162 valence electrons. The summed E-state index contributed by atoms with van der Waals surface area (Å²) in [6.07, 6.45) is 7.42. The number of nitrogens with zero attached hydrogens (tertiary/aromatic N) is 6. The van der Waals surface area contributed by atoms with Crippen molar-refractivity contribution in [3.05, 3.63) is 30.6 Å². The molecule has 4 heterocycles. The third-order valence-electron chi connectivity index (χ3n) is 5.95. The predicted octanol–water partition coefficient (Wildman–Crippen LogP) is 3.59. The van der Waals surface area contributed by atoms with E-state index in [0.717, 1.165) is 30.5 Å². The number of pyridine rings is 1. The van der Waals surface area contributed by atoms with Crippen LogP contribution in [0.1, 0.15) is 39.0 Å². The zero-order valence-corrected chi connectivity index (χ0v) is 17.7. The Morgan fingerprint density at radius 1 is 1.23 bits per heavy atom. The molecule has 31 heavy (non-hydrogen) atoms. The summed E-state index contributed by atoms with van der Waals surface area (Å²) in [6.45, 7) is 2.47. The van der Waals surface area contributed by atoms with Crippen LogP contribution in [-0.4, -0.2) is 40.8 Å².